The van der Waals surface area contributed by atoms with Gasteiger partial charge in [-0.2, -0.15) is 0 Å². The van der Waals surface area contributed by atoms with Crippen LogP contribution in [0.5, 0.6) is 0 Å². The summed E-state index contributed by atoms with van der Waals surface area (Å²) >= 11 is 0. The number of piperazine rings is 1. The van der Waals surface area contributed by atoms with Gasteiger partial charge < -0.3 is 16.0 Å². The second kappa shape index (κ2) is 10.0. The first-order valence-corrected chi connectivity index (χ1v) is 9.13. The van der Waals surface area contributed by atoms with Crippen molar-refractivity contribution in [3.63, 3.8) is 0 Å². The maximum absolute atomic E-state index is 12.3. The molecule has 0 spiro atoms. The van der Waals surface area contributed by atoms with Gasteiger partial charge in [0.15, 0.2) is 0 Å². The van der Waals surface area contributed by atoms with E-state index in [2.05, 4.69) is 41.4 Å². The lowest BCUT2D eigenvalue weighted by atomic mass is 10.1. The number of urea groups is 1. The van der Waals surface area contributed by atoms with Gasteiger partial charge in [0.1, 0.15) is 0 Å². The average molecular weight is 346 g/mol. The Kier molecular flexibility index (Phi) is 7.73. The van der Waals surface area contributed by atoms with E-state index in [0.29, 0.717) is 13.0 Å². The summed E-state index contributed by atoms with van der Waals surface area (Å²) in [6, 6.07) is 8.12. The van der Waals surface area contributed by atoms with Gasteiger partial charge in [-0.1, -0.05) is 36.2 Å². The maximum Gasteiger partial charge on any atom is 0.312 e. The molecule has 0 saturated carbocycles. The van der Waals surface area contributed by atoms with E-state index in [9.17, 15) is 9.59 Å². The zero-order valence-corrected chi connectivity index (χ0v) is 15.2. The van der Waals surface area contributed by atoms with Gasteiger partial charge in [-0.3, -0.25) is 9.69 Å². The number of nitrogens with zero attached hydrogens (tertiary/aromatic N) is 2. The lowest BCUT2D eigenvalue weighted by Gasteiger charge is -2.35. The predicted octanol–water partition coefficient (Wildman–Crippen LogP) is 1.87. The Morgan fingerprint density at radius 3 is 2.56 bits per heavy atom. The van der Waals surface area contributed by atoms with Crippen molar-refractivity contribution in [1.29, 1.82) is 0 Å². The van der Waals surface area contributed by atoms with E-state index in [-0.39, 0.29) is 5.91 Å². The van der Waals surface area contributed by atoms with Gasteiger partial charge in [-0.25, -0.2) is 4.79 Å². The topological polar surface area (TPSA) is 78.7 Å². The van der Waals surface area contributed by atoms with Gasteiger partial charge in [-0.05, 0) is 25.3 Å². The predicted molar refractivity (Wildman–Crippen MR) is 99.1 cm³/mol. The van der Waals surface area contributed by atoms with Crippen molar-refractivity contribution in [3.05, 3.63) is 35.4 Å². The van der Waals surface area contributed by atoms with E-state index in [1.54, 1.807) is 0 Å². The largest absolute Gasteiger partial charge is 0.352 e. The van der Waals surface area contributed by atoms with E-state index in [4.69, 9.17) is 5.73 Å². The molecule has 1 fully saturated rings. The number of hydrogen-bond donors (Lipinski definition) is 2. The standard InChI is InChI=1S/C19H30N4O2/c1-16-6-5-7-17(14-16)15-22-10-12-23(13-11-22)18(24)8-3-2-4-9-21-19(20)25/h5-7,14H,2-4,8-13,15H2,1H3,(H3,20,21,25). The molecule has 6 nitrogen and oxygen atoms in total. The van der Waals surface area contributed by atoms with Crippen LogP contribution in [-0.2, 0) is 11.3 Å². The van der Waals surface area contributed by atoms with Crippen LogP contribution in [0.15, 0.2) is 24.3 Å². The number of aryl methyl sites for hydroxylation is 1. The number of amides is 3. The van der Waals surface area contributed by atoms with E-state index in [1.807, 2.05) is 4.90 Å². The van der Waals surface area contributed by atoms with Crippen molar-refractivity contribution in [2.24, 2.45) is 5.73 Å². The van der Waals surface area contributed by atoms with Crippen molar-refractivity contribution in [2.45, 2.75) is 39.2 Å². The molecule has 1 aromatic rings. The van der Waals surface area contributed by atoms with Crippen molar-refractivity contribution in [3.8, 4) is 0 Å². The molecule has 1 aromatic carbocycles. The minimum Gasteiger partial charge on any atom is -0.352 e. The molecule has 0 radical (unpaired) electrons. The van der Waals surface area contributed by atoms with E-state index >= 15 is 0 Å². The molecular weight excluding hydrogens is 316 g/mol. The highest BCUT2D eigenvalue weighted by Gasteiger charge is 2.20. The molecule has 1 heterocycles. The third kappa shape index (κ3) is 7.13. The Morgan fingerprint density at radius 2 is 1.88 bits per heavy atom. The Balaban J connectivity index is 1.61. The van der Waals surface area contributed by atoms with Crippen LogP contribution in [0.25, 0.3) is 0 Å². The number of carbonyl (C=O) groups is 2. The number of carbonyl (C=O) groups excluding carboxylic acids is 2. The molecule has 1 aliphatic heterocycles. The molecule has 0 aliphatic carbocycles. The van der Waals surface area contributed by atoms with Crippen LogP contribution in [0.2, 0.25) is 0 Å². The summed E-state index contributed by atoms with van der Waals surface area (Å²) < 4.78 is 0. The monoisotopic (exact) mass is 346 g/mol. The molecule has 1 aliphatic rings. The van der Waals surface area contributed by atoms with Crippen molar-refractivity contribution in [2.75, 3.05) is 32.7 Å². The lowest BCUT2D eigenvalue weighted by molar-refractivity contribution is -0.133. The average Bonchev–Trinajstić information content (AvgIpc) is 2.58. The smallest absolute Gasteiger partial charge is 0.312 e. The fraction of sp³-hybridized carbons (Fsp3) is 0.579. The zero-order valence-electron chi connectivity index (χ0n) is 15.2. The van der Waals surface area contributed by atoms with Gasteiger partial charge in [0, 0.05) is 45.7 Å². The molecule has 0 unspecified atom stereocenters. The van der Waals surface area contributed by atoms with Gasteiger partial charge >= 0.3 is 6.03 Å². The number of primary amides is 1. The van der Waals surface area contributed by atoms with Crippen molar-refractivity contribution in [1.82, 2.24) is 15.1 Å². The summed E-state index contributed by atoms with van der Waals surface area (Å²) in [7, 11) is 0. The molecule has 0 aromatic heterocycles. The highest BCUT2D eigenvalue weighted by Crippen LogP contribution is 2.12. The second-order valence-electron chi connectivity index (χ2n) is 6.75. The normalized spacial score (nSPS) is 15.2. The first kappa shape index (κ1) is 19.2. The van der Waals surface area contributed by atoms with Gasteiger partial charge in [0.25, 0.3) is 0 Å². The number of benzene rings is 1. The molecule has 138 valence electrons. The first-order chi connectivity index (χ1) is 12.0. The van der Waals surface area contributed by atoms with Crippen LogP contribution in [0.3, 0.4) is 0 Å². The molecular formula is C19H30N4O2. The minimum atomic E-state index is -0.486. The summed E-state index contributed by atoms with van der Waals surface area (Å²) in [4.78, 5) is 27.2. The molecule has 1 saturated heterocycles. The highest BCUT2D eigenvalue weighted by atomic mass is 16.2. The molecule has 2 rings (SSSR count). The number of nitrogens with two attached hydrogens (primary N) is 1. The number of rotatable bonds is 8. The Labute approximate surface area is 150 Å². The second-order valence-corrected chi connectivity index (χ2v) is 6.75. The van der Waals surface area contributed by atoms with Crippen molar-refractivity contribution < 1.29 is 9.59 Å². The van der Waals surface area contributed by atoms with Gasteiger partial charge in [0.2, 0.25) is 5.91 Å². The number of unbranched alkanes of at least 4 members (excludes halogenated alkanes) is 2. The molecule has 25 heavy (non-hydrogen) atoms. The lowest BCUT2D eigenvalue weighted by Crippen LogP contribution is -2.48. The van der Waals surface area contributed by atoms with Crippen LogP contribution in [0.4, 0.5) is 4.79 Å². The van der Waals surface area contributed by atoms with E-state index in [1.165, 1.54) is 11.1 Å². The van der Waals surface area contributed by atoms with Crippen LogP contribution in [0, 0.1) is 6.92 Å². The summed E-state index contributed by atoms with van der Waals surface area (Å²) in [5, 5.41) is 2.56. The Morgan fingerprint density at radius 1 is 1.12 bits per heavy atom. The van der Waals surface area contributed by atoms with E-state index in [0.717, 1.165) is 52.0 Å². The molecule has 3 amide bonds. The van der Waals surface area contributed by atoms with Crippen LogP contribution < -0.4 is 11.1 Å². The third-order valence-electron chi connectivity index (χ3n) is 4.58. The van der Waals surface area contributed by atoms with E-state index < -0.39 is 6.03 Å². The van der Waals surface area contributed by atoms with Crippen LogP contribution in [0.1, 0.15) is 36.8 Å². The number of hydrogen-bond acceptors (Lipinski definition) is 3. The summed E-state index contributed by atoms with van der Waals surface area (Å²) in [6.07, 6.45) is 3.25. The molecule has 6 heteroatoms. The summed E-state index contributed by atoms with van der Waals surface area (Å²) in [5.41, 5.74) is 7.63. The zero-order chi connectivity index (χ0) is 18.1. The van der Waals surface area contributed by atoms with Gasteiger partial charge in [-0.15, -0.1) is 0 Å². The quantitative estimate of drug-likeness (QED) is 0.705. The van der Waals surface area contributed by atoms with Crippen molar-refractivity contribution >= 4 is 11.9 Å². The van der Waals surface area contributed by atoms with Crippen LogP contribution >= 0.6 is 0 Å². The fourth-order valence-electron chi connectivity index (χ4n) is 3.17. The SMILES string of the molecule is Cc1cccc(CN2CCN(C(=O)CCCCCNC(N)=O)CC2)c1. The summed E-state index contributed by atoms with van der Waals surface area (Å²) in [6.45, 7) is 7.15. The molecule has 0 atom stereocenters. The highest BCUT2D eigenvalue weighted by molar-refractivity contribution is 5.76. The Bertz CT molecular complexity index is 568. The number of nitrogens with one attached hydrogen (secondary N) is 1. The maximum atomic E-state index is 12.3. The molecule has 0 bridgehead atoms. The Hall–Kier alpha value is -2.08. The summed E-state index contributed by atoms with van der Waals surface area (Å²) in [5.74, 6) is 0.248. The third-order valence-corrected chi connectivity index (χ3v) is 4.58. The first-order valence-electron chi connectivity index (χ1n) is 9.13. The van der Waals surface area contributed by atoms with Crippen LogP contribution in [-0.4, -0.2) is 54.5 Å². The minimum absolute atomic E-state index is 0.248. The van der Waals surface area contributed by atoms with Gasteiger partial charge in [0.05, 0.1) is 0 Å². The molecule has 3 N–H and O–H groups in total. The fourth-order valence-corrected chi connectivity index (χ4v) is 3.17.